The molecule has 0 aliphatic heterocycles. The number of nitrogens with two attached hydrogens (primary N) is 1. The molecule has 18 heavy (non-hydrogen) atoms. The van der Waals surface area contributed by atoms with Gasteiger partial charge in [-0.3, -0.25) is 10.4 Å². The van der Waals surface area contributed by atoms with E-state index in [2.05, 4.69) is 15.3 Å². The zero-order chi connectivity index (χ0) is 13.0. The zero-order valence-electron chi connectivity index (χ0n) is 9.59. The fourth-order valence-electron chi connectivity index (χ4n) is 1.41. The number of nitrogen functional groups attached to an aromatic ring is 1. The van der Waals surface area contributed by atoms with E-state index in [4.69, 9.17) is 11.1 Å². The summed E-state index contributed by atoms with van der Waals surface area (Å²) in [5, 5.41) is 19.9. The molecule has 0 amide bonds. The van der Waals surface area contributed by atoms with E-state index in [1.807, 2.05) is 18.2 Å². The topological polar surface area (TPSA) is 108 Å². The summed E-state index contributed by atoms with van der Waals surface area (Å²) in [6, 6.07) is 6.99. The van der Waals surface area contributed by atoms with E-state index in [1.165, 1.54) is 12.3 Å². The van der Waals surface area contributed by atoms with Gasteiger partial charge in [-0.15, -0.1) is 0 Å². The molecule has 5 N–H and O–H groups in total. The Labute approximate surface area is 104 Å². The average Bonchev–Trinajstić information content (AvgIpc) is 2.38. The van der Waals surface area contributed by atoms with Crippen molar-refractivity contribution in [3.63, 3.8) is 0 Å². The minimum Gasteiger partial charge on any atom is -0.504 e. The molecule has 2 rings (SSSR count). The quantitative estimate of drug-likeness (QED) is 0.474. The Morgan fingerprint density at radius 3 is 2.83 bits per heavy atom. The second-order valence-corrected chi connectivity index (χ2v) is 3.68. The monoisotopic (exact) mass is 243 g/mol. The SMILES string of the molecule is N=C(N)c1cnc(NCc2ccccn2)c(O)c1. The minimum atomic E-state index is -0.130. The summed E-state index contributed by atoms with van der Waals surface area (Å²) < 4.78 is 0. The van der Waals surface area contributed by atoms with E-state index in [1.54, 1.807) is 6.20 Å². The summed E-state index contributed by atoms with van der Waals surface area (Å²) >= 11 is 0. The van der Waals surface area contributed by atoms with Crippen molar-refractivity contribution in [1.82, 2.24) is 9.97 Å². The van der Waals surface area contributed by atoms with E-state index < -0.39 is 0 Å². The Bertz CT molecular complexity index is 556. The van der Waals surface area contributed by atoms with Crippen LogP contribution in [0.4, 0.5) is 5.82 Å². The smallest absolute Gasteiger partial charge is 0.168 e. The molecule has 0 saturated heterocycles. The number of aromatic hydroxyl groups is 1. The van der Waals surface area contributed by atoms with Crippen LogP contribution in [-0.2, 0) is 6.54 Å². The van der Waals surface area contributed by atoms with Crippen molar-refractivity contribution in [2.45, 2.75) is 6.54 Å². The highest BCUT2D eigenvalue weighted by Crippen LogP contribution is 2.21. The summed E-state index contributed by atoms with van der Waals surface area (Å²) in [7, 11) is 0. The van der Waals surface area contributed by atoms with Gasteiger partial charge in [-0.1, -0.05) is 6.07 Å². The minimum absolute atomic E-state index is 0.0429. The highest BCUT2D eigenvalue weighted by molar-refractivity contribution is 5.95. The van der Waals surface area contributed by atoms with Gasteiger partial charge in [0.25, 0.3) is 0 Å². The largest absolute Gasteiger partial charge is 0.504 e. The van der Waals surface area contributed by atoms with Gasteiger partial charge in [-0.2, -0.15) is 0 Å². The molecular weight excluding hydrogens is 230 g/mol. The third kappa shape index (κ3) is 2.73. The van der Waals surface area contributed by atoms with Crippen molar-refractivity contribution in [2.24, 2.45) is 5.73 Å². The lowest BCUT2D eigenvalue weighted by Gasteiger charge is -2.08. The van der Waals surface area contributed by atoms with Crippen LogP contribution in [0.15, 0.2) is 36.7 Å². The maximum absolute atomic E-state index is 9.72. The van der Waals surface area contributed by atoms with Crippen LogP contribution in [0.2, 0.25) is 0 Å². The second-order valence-electron chi connectivity index (χ2n) is 3.68. The first-order valence-corrected chi connectivity index (χ1v) is 5.34. The molecule has 0 unspecified atom stereocenters. The average molecular weight is 243 g/mol. The lowest BCUT2D eigenvalue weighted by molar-refractivity contribution is 0.474. The molecule has 0 aliphatic carbocycles. The predicted octanol–water partition coefficient (Wildman–Crippen LogP) is 1.08. The normalized spacial score (nSPS) is 10.0. The molecular formula is C12H13N5O. The third-order valence-corrected chi connectivity index (χ3v) is 2.34. The number of nitrogens with zero attached hydrogens (tertiary/aromatic N) is 2. The molecule has 6 nitrogen and oxygen atoms in total. The Balaban J connectivity index is 2.08. The van der Waals surface area contributed by atoms with E-state index in [9.17, 15) is 5.11 Å². The second kappa shape index (κ2) is 5.13. The molecule has 0 bridgehead atoms. The number of rotatable bonds is 4. The third-order valence-electron chi connectivity index (χ3n) is 2.34. The molecule has 6 heteroatoms. The lowest BCUT2D eigenvalue weighted by atomic mass is 10.2. The van der Waals surface area contributed by atoms with Gasteiger partial charge in [-0.25, -0.2) is 4.98 Å². The van der Waals surface area contributed by atoms with Gasteiger partial charge < -0.3 is 16.2 Å². The summed E-state index contributed by atoms with van der Waals surface area (Å²) in [6.07, 6.45) is 3.13. The molecule has 0 fully saturated rings. The van der Waals surface area contributed by atoms with Gasteiger partial charge in [-0.05, 0) is 18.2 Å². The lowest BCUT2D eigenvalue weighted by Crippen LogP contribution is -2.12. The summed E-state index contributed by atoms with van der Waals surface area (Å²) in [6.45, 7) is 0.459. The van der Waals surface area contributed by atoms with E-state index in [0.29, 0.717) is 17.9 Å². The molecule has 2 aromatic heterocycles. The number of amidine groups is 1. The van der Waals surface area contributed by atoms with Crippen LogP contribution in [0.5, 0.6) is 5.75 Å². The molecule has 0 spiro atoms. The fraction of sp³-hybridized carbons (Fsp3) is 0.0833. The Morgan fingerprint density at radius 1 is 1.39 bits per heavy atom. The van der Waals surface area contributed by atoms with Gasteiger partial charge in [0.15, 0.2) is 11.6 Å². The molecule has 2 heterocycles. The van der Waals surface area contributed by atoms with E-state index in [-0.39, 0.29) is 11.6 Å². The number of pyridine rings is 2. The molecule has 0 saturated carbocycles. The first-order chi connectivity index (χ1) is 8.66. The molecule has 92 valence electrons. The summed E-state index contributed by atoms with van der Waals surface area (Å²) in [5.74, 6) is 0.165. The van der Waals surface area contributed by atoms with Gasteiger partial charge >= 0.3 is 0 Å². The van der Waals surface area contributed by atoms with Crippen LogP contribution < -0.4 is 11.1 Å². The van der Waals surface area contributed by atoms with Crippen molar-refractivity contribution in [2.75, 3.05) is 5.32 Å². The maximum atomic E-state index is 9.72. The van der Waals surface area contributed by atoms with Crippen molar-refractivity contribution in [1.29, 1.82) is 5.41 Å². The van der Waals surface area contributed by atoms with Gasteiger partial charge in [0.2, 0.25) is 0 Å². The van der Waals surface area contributed by atoms with Crippen LogP contribution in [0.3, 0.4) is 0 Å². The highest BCUT2D eigenvalue weighted by Gasteiger charge is 2.05. The Kier molecular flexibility index (Phi) is 3.38. The van der Waals surface area contributed by atoms with Crippen molar-refractivity contribution in [3.05, 3.63) is 47.9 Å². The number of nitrogens with one attached hydrogen (secondary N) is 2. The Hall–Kier alpha value is -2.63. The van der Waals surface area contributed by atoms with Gasteiger partial charge in [0.05, 0.1) is 12.2 Å². The predicted molar refractivity (Wildman–Crippen MR) is 68.5 cm³/mol. The summed E-state index contributed by atoms with van der Waals surface area (Å²) in [4.78, 5) is 8.15. The number of hydrogen-bond acceptors (Lipinski definition) is 5. The van der Waals surface area contributed by atoms with Gasteiger partial charge in [0, 0.05) is 18.0 Å². The maximum Gasteiger partial charge on any atom is 0.168 e. The first kappa shape index (κ1) is 11.8. The molecule has 0 aliphatic rings. The van der Waals surface area contributed by atoms with E-state index in [0.717, 1.165) is 5.69 Å². The van der Waals surface area contributed by atoms with Crippen LogP contribution in [0.25, 0.3) is 0 Å². The molecule has 2 aromatic rings. The van der Waals surface area contributed by atoms with Crippen molar-refractivity contribution >= 4 is 11.7 Å². The van der Waals surface area contributed by atoms with Crippen molar-refractivity contribution < 1.29 is 5.11 Å². The fourth-order valence-corrected chi connectivity index (χ4v) is 1.41. The Morgan fingerprint density at radius 2 is 2.22 bits per heavy atom. The first-order valence-electron chi connectivity index (χ1n) is 5.34. The summed E-state index contributed by atoms with van der Waals surface area (Å²) in [5.41, 5.74) is 6.53. The molecule has 0 atom stereocenters. The van der Waals surface area contributed by atoms with Crippen LogP contribution >= 0.6 is 0 Å². The van der Waals surface area contributed by atoms with E-state index >= 15 is 0 Å². The zero-order valence-corrected chi connectivity index (χ0v) is 9.59. The van der Waals surface area contributed by atoms with Crippen LogP contribution in [0, 0.1) is 5.41 Å². The number of aromatic nitrogens is 2. The van der Waals surface area contributed by atoms with Crippen LogP contribution in [0.1, 0.15) is 11.3 Å². The van der Waals surface area contributed by atoms with Gasteiger partial charge in [0.1, 0.15) is 5.84 Å². The number of hydrogen-bond donors (Lipinski definition) is 4. The van der Waals surface area contributed by atoms with Crippen LogP contribution in [-0.4, -0.2) is 20.9 Å². The molecule has 0 aromatic carbocycles. The molecule has 0 radical (unpaired) electrons. The van der Waals surface area contributed by atoms with Crippen molar-refractivity contribution in [3.8, 4) is 5.75 Å². The standard InChI is InChI=1S/C12H13N5O/c13-11(14)8-5-10(18)12(16-6-8)17-7-9-3-1-2-4-15-9/h1-6,18H,7H2,(H3,13,14)(H,16,17). The number of anilines is 1. The highest BCUT2D eigenvalue weighted by atomic mass is 16.3.